The molecule has 0 unspecified atom stereocenters. The molecule has 0 spiro atoms. The Morgan fingerprint density at radius 3 is 2.27 bits per heavy atom. The van der Waals surface area contributed by atoms with Gasteiger partial charge in [0.2, 0.25) is 5.95 Å². The van der Waals surface area contributed by atoms with Crippen molar-refractivity contribution in [1.82, 2.24) is 15.3 Å². The lowest BCUT2D eigenvalue weighted by atomic mass is 10.0. The largest absolute Gasteiger partial charge is 0.417 e. The minimum absolute atomic E-state index is 0.0989. The Hall–Kier alpha value is -2.15. The van der Waals surface area contributed by atoms with Gasteiger partial charge < -0.3 is 10.2 Å². The Labute approximate surface area is 126 Å². The monoisotopic (exact) mass is 308 g/mol. The number of nitrogens with zero attached hydrogens (tertiary/aromatic N) is 3. The van der Waals surface area contributed by atoms with Gasteiger partial charge in [-0.3, -0.25) is 0 Å². The normalized spacial score (nSPS) is 15.9. The molecule has 2 heterocycles. The van der Waals surface area contributed by atoms with Crippen LogP contribution < -0.4 is 10.2 Å². The summed E-state index contributed by atoms with van der Waals surface area (Å²) in [6.07, 6.45) is -1.49. The number of piperazine rings is 1. The fraction of sp³-hybridized carbons (Fsp3) is 0.333. The molecule has 4 nitrogen and oxygen atoms in total. The molecule has 0 amide bonds. The Morgan fingerprint density at radius 1 is 1.00 bits per heavy atom. The highest BCUT2D eigenvalue weighted by molar-refractivity contribution is 5.67. The first-order valence-electron chi connectivity index (χ1n) is 7.00. The third-order valence-electron chi connectivity index (χ3n) is 3.58. The topological polar surface area (TPSA) is 41.1 Å². The Morgan fingerprint density at radius 2 is 1.64 bits per heavy atom. The number of anilines is 1. The van der Waals surface area contributed by atoms with Crippen LogP contribution >= 0.6 is 0 Å². The average molecular weight is 308 g/mol. The van der Waals surface area contributed by atoms with Gasteiger partial charge in [-0.05, 0) is 11.6 Å². The molecule has 1 N–H and O–H groups in total. The quantitative estimate of drug-likeness (QED) is 0.926. The van der Waals surface area contributed by atoms with Crippen LogP contribution in [-0.2, 0) is 6.18 Å². The van der Waals surface area contributed by atoms with Crippen LogP contribution in [0.1, 0.15) is 5.56 Å². The smallest absolute Gasteiger partial charge is 0.338 e. The number of halogens is 3. The van der Waals surface area contributed by atoms with E-state index in [0.29, 0.717) is 11.5 Å². The van der Waals surface area contributed by atoms with Crippen molar-refractivity contribution in [3.05, 3.63) is 42.2 Å². The number of hydrogen-bond acceptors (Lipinski definition) is 4. The summed E-state index contributed by atoms with van der Waals surface area (Å²) >= 11 is 0. The minimum atomic E-state index is -4.40. The summed E-state index contributed by atoms with van der Waals surface area (Å²) in [5, 5.41) is 3.22. The van der Waals surface area contributed by atoms with E-state index in [2.05, 4.69) is 15.3 Å². The molecule has 1 aliphatic rings. The van der Waals surface area contributed by atoms with Gasteiger partial charge in [0, 0.05) is 44.1 Å². The molecule has 0 bridgehead atoms. The van der Waals surface area contributed by atoms with Crippen molar-refractivity contribution in [2.24, 2.45) is 0 Å². The third kappa shape index (κ3) is 3.04. The molecular formula is C15H15F3N4. The van der Waals surface area contributed by atoms with Crippen LogP contribution in [0, 0.1) is 0 Å². The van der Waals surface area contributed by atoms with Crippen molar-refractivity contribution in [2.75, 3.05) is 31.1 Å². The lowest BCUT2D eigenvalue weighted by Crippen LogP contribution is -2.44. The molecule has 22 heavy (non-hydrogen) atoms. The maximum atomic E-state index is 13.0. The van der Waals surface area contributed by atoms with Crippen LogP contribution in [0.25, 0.3) is 11.1 Å². The molecule has 0 aliphatic carbocycles. The summed E-state index contributed by atoms with van der Waals surface area (Å²) in [4.78, 5) is 10.5. The molecule has 2 aromatic rings. The van der Waals surface area contributed by atoms with Gasteiger partial charge in [0.15, 0.2) is 0 Å². The summed E-state index contributed by atoms with van der Waals surface area (Å²) in [5.74, 6) is 0.551. The fourth-order valence-corrected chi connectivity index (χ4v) is 2.47. The second-order valence-corrected chi connectivity index (χ2v) is 5.05. The van der Waals surface area contributed by atoms with E-state index >= 15 is 0 Å². The minimum Gasteiger partial charge on any atom is -0.338 e. The van der Waals surface area contributed by atoms with Crippen molar-refractivity contribution in [3.63, 3.8) is 0 Å². The first-order valence-corrected chi connectivity index (χ1v) is 7.00. The van der Waals surface area contributed by atoms with Crippen LogP contribution in [0.3, 0.4) is 0 Å². The molecule has 7 heteroatoms. The van der Waals surface area contributed by atoms with E-state index in [9.17, 15) is 13.2 Å². The lowest BCUT2D eigenvalue weighted by molar-refractivity contribution is -0.137. The van der Waals surface area contributed by atoms with E-state index in [1.165, 1.54) is 24.5 Å². The van der Waals surface area contributed by atoms with Gasteiger partial charge in [0.05, 0.1) is 5.56 Å². The molecule has 0 saturated carbocycles. The second kappa shape index (κ2) is 5.92. The molecule has 1 aliphatic heterocycles. The second-order valence-electron chi connectivity index (χ2n) is 5.05. The van der Waals surface area contributed by atoms with Crippen molar-refractivity contribution in [1.29, 1.82) is 0 Å². The number of alkyl halides is 3. The highest BCUT2D eigenvalue weighted by Crippen LogP contribution is 2.36. The molecule has 3 rings (SSSR count). The first kappa shape index (κ1) is 14.8. The van der Waals surface area contributed by atoms with Crippen LogP contribution in [0.5, 0.6) is 0 Å². The summed E-state index contributed by atoms with van der Waals surface area (Å²) in [6.45, 7) is 3.28. The molecule has 0 atom stereocenters. The van der Waals surface area contributed by atoms with Gasteiger partial charge in [-0.1, -0.05) is 18.2 Å². The van der Waals surface area contributed by atoms with Gasteiger partial charge in [-0.25, -0.2) is 9.97 Å². The van der Waals surface area contributed by atoms with Gasteiger partial charge in [0.1, 0.15) is 0 Å². The van der Waals surface area contributed by atoms with Crippen molar-refractivity contribution in [2.45, 2.75) is 6.18 Å². The number of benzene rings is 1. The Balaban J connectivity index is 1.90. The van der Waals surface area contributed by atoms with Gasteiger partial charge in [0.25, 0.3) is 0 Å². The van der Waals surface area contributed by atoms with Crippen molar-refractivity contribution in [3.8, 4) is 11.1 Å². The number of aromatic nitrogens is 2. The lowest BCUT2D eigenvalue weighted by Gasteiger charge is -2.27. The number of nitrogens with one attached hydrogen (secondary N) is 1. The van der Waals surface area contributed by atoms with Crippen LogP contribution in [-0.4, -0.2) is 36.1 Å². The SMILES string of the molecule is FC(F)(F)c1ccccc1-c1cnc(N2CCNCC2)nc1. The summed E-state index contributed by atoms with van der Waals surface area (Å²) in [6, 6.07) is 5.46. The summed E-state index contributed by atoms with van der Waals surface area (Å²) < 4.78 is 39.1. The highest BCUT2D eigenvalue weighted by Gasteiger charge is 2.33. The molecule has 0 radical (unpaired) electrons. The van der Waals surface area contributed by atoms with E-state index in [-0.39, 0.29) is 5.56 Å². The van der Waals surface area contributed by atoms with Crippen molar-refractivity contribution >= 4 is 5.95 Å². The predicted molar refractivity (Wildman–Crippen MR) is 77.6 cm³/mol. The standard InChI is InChI=1S/C15H15F3N4/c16-15(17,18)13-4-2-1-3-12(13)11-9-20-14(21-10-11)22-7-5-19-6-8-22/h1-4,9-10,19H,5-8H2. The Bertz CT molecular complexity index is 634. The van der Waals surface area contributed by atoms with Gasteiger partial charge >= 0.3 is 6.18 Å². The zero-order chi connectivity index (χ0) is 15.6. The molecule has 1 fully saturated rings. The highest BCUT2D eigenvalue weighted by atomic mass is 19.4. The van der Waals surface area contributed by atoms with E-state index in [1.54, 1.807) is 6.07 Å². The fourth-order valence-electron chi connectivity index (χ4n) is 2.47. The number of hydrogen-bond donors (Lipinski definition) is 1. The zero-order valence-electron chi connectivity index (χ0n) is 11.8. The summed E-state index contributed by atoms with van der Waals surface area (Å²) in [5.41, 5.74) is -0.206. The zero-order valence-corrected chi connectivity index (χ0v) is 11.8. The van der Waals surface area contributed by atoms with Crippen molar-refractivity contribution < 1.29 is 13.2 Å². The van der Waals surface area contributed by atoms with E-state index in [0.717, 1.165) is 32.2 Å². The number of rotatable bonds is 2. The molecule has 1 aromatic carbocycles. The molecule has 1 aromatic heterocycles. The van der Waals surface area contributed by atoms with Crippen LogP contribution in [0.15, 0.2) is 36.7 Å². The molecular weight excluding hydrogens is 293 g/mol. The van der Waals surface area contributed by atoms with Gasteiger partial charge in [-0.15, -0.1) is 0 Å². The maximum absolute atomic E-state index is 13.0. The van der Waals surface area contributed by atoms with E-state index in [4.69, 9.17) is 0 Å². The maximum Gasteiger partial charge on any atom is 0.417 e. The van der Waals surface area contributed by atoms with E-state index < -0.39 is 11.7 Å². The predicted octanol–water partition coefficient (Wildman–Crippen LogP) is 2.57. The third-order valence-corrected chi connectivity index (χ3v) is 3.58. The molecule has 116 valence electrons. The first-order chi connectivity index (χ1) is 10.6. The van der Waals surface area contributed by atoms with E-state index in [1.807, 2.05) is 4.90 Å². The van der Waals surface area contributed by atoms with Crippen LogP contribution in [0.4, 0.5) is 19.1 Å². The Kier molecular flexibility index (Phi) is 3.98. The summed E-state index contributed by atoms with van der Waals surface area (Å²) in [7, 11) is 0. The molecule has 1 saturated heterocycles. The average Bonchev–Trinajstić information content (AvgIpc) is 2.55. The van der Waals surface area contributed by atoms with Gasteiger partial charge in [-0.2, -0.15) is 13.2 Å². The van der Waals surface area contributed by atoms with Crippen LogP contribution in [0.2, 0.25) is 0 Å².